The number of ether oxygens (including phenoxy) is 4. The molecule has 0 aromatic heterocycles. The Labute approximate surface area is 391 Å². The number of fused-ring (bicyclic) bond motifs is 4. The van der Waals surface area contributed by atoms with E-state index in [9.17, 15) is 19.2 Å². The number of hydrogen-bond donors (Lipinski definition) is 2. The molecule has 0 bridgehead atoms. The van der Waals surface area contributed by atoms with Crippen molar-refractivity contribution in [3.63, 3.8) is 0 Å². The largest absolute Gasteiger partial charge is 0.493 e. The average Bonchev–Trinajstić information content (AvgIpc) is 3.89. The zero-order valence-corrected chi connectivity index (χ0v) is 39.1. The first-order valence-electron chi connectivity index (χ1n) is 23.0. The molecule has 0 saturated carbocycles. The zero-order valence-electron chi connectivity index (χ0n) is 39.1. The van der Waals surface area contributed by atoms with Gasteiger partial charge in [-0.2, -0.15) is 0 Å². The molecule has 5 heterocycles. The van der Waals surface area contributed by atoms with Gasteiger partial charge in [0.1, 0.15) is 0 Å². The van der Waals surface area contributed by atoms with Crippen LogP contribution < -0.4 is 34.9 Å². The van der Waals surface area contributed by atoms with Crippen LogP contribution in [0.4, 0.5) is 17.1 Å². The Balaban J connectivity index is 0.844. The van der Waals surface area contributed by atoms with E-state index in [1.54, 1.807) is 60.5 Å². The lowest BCUT2D eigenvalue weighted by molar-refractivity contribution is -0.134. The van der Waals surface area contributed by atoms with Crippen molar-refractivity contribution in [1.82, 2.24) is 20.0 Å². The van der Waals surface area contributed by atoms with E-state index in [-0.39, 0.29) is 55.5 Å². The Kier molecular flexibility index (Phi) is 14.1. The zero-order chi connectivity index (χ0) is 47.4. The maximum atomic E-state index is 14.0. The highest BCUT2D eigenvalue weighted by atomic mass is 16.5. The second-order valence-electron chi connectivity index (χ2n) is 17.9. The van der Waals surface area contributed by atoms with Crippen LogP contribution in [0.25, 0.3) is 5.57 Å². The van der Waals surface area contributed by atoms with Gasteiger partial charge in [-0.25, -0.2) is 0 Å². The number of likely N-dealkylation sites (N-methyl/N-ethyl adjacent to an activating group) is 1. The van der Waals surface area contributed by atoms with Gasteiger partial charge in [-0.1, -0.05) is 45.1 Å². The van der Waals surface area contributed by atoms with E-state index in [1.165, 1.54) is 12.8 Å². The maximum absolute atomic E-state index is 14.0. The van der Waals surface area contributed by atoms with Gasteiger partial charge >= 0.3 is 0 Å². The van der Waals surface area contributed by atoms with E-state index >= 15 is 0 Å². The number of primary amides is 1. The van der Waals surface area contributed by atoms with Crippen LogP contribution in [0.3, 0.4) is 0 Å². The molecule has 4 amide bonds. The Bertz CT molecular complexity index is 2540. The smallest absolute Gasteiger partial charge is 0.260 e. The molecule has 352 valence electrons. The van der Waals surface area contributed by atoms with Crippen molar-refractivity contribution in [2.75, 3.05) is 72.1 Å². The van der Waals surface area contributed by atoms with Gasteiger partial charge in [0.25, 0.3) is 11.8 Å². The minimum atomic E-state index is -0.557. The SMILES string of the molecule is COc1cc2c(cc1OCCCOc1cc3c(cc1OC)C(=O)N1C=C(c4ccc(N5CCN(C)CC5)cc4)C[C@H]1C=N3)N=C[C@@H]1CC(/C=C/CNC(=O)[C@@H](C)C(C(N)=O)C(C)C)=CN1C2=O. The lowest BCUT2D eigenvalue weighted by atomic mass is 9.83. The summed E-state index contributed by atoms with van der Waals surface area (Å²) in [4.78, 5) is 70.0. The number of methoxy groups -OCH3 is 2. The summed E-state index contributed by atoms with van der Waals surface area (Å²) >= 11 is 0. The molecule has 1 unspecified atom stereocenters. The number of aliphatic imine (C=N–C) groups is 2. The highest BCUT2D eigenvalue weighted by Crippen LogP contribution is 2.41. The molecule has 3 N–H and O–H groups in total. The molecule has 3 aromatic rings. The average molecular weight is 913 g/mol. The lowest BCUT2D eigenvalue weighted by Gasteiger charge is -2.34. The first kappa shape index (κ1) is 46.6. The molecule has 5 aliphatic rings. The van der Waals surface area contributed by atoms with Gasteiger partial charge in [0.15, 0.2) is 23.0 Å². The van der Waals surface area contributed by atoms with E-state index in [0.29, 0.717) is 64.8 Å². The van der Waals surface area contributed by atoms with Gasteiger partial charge in [0.05, 0.1) is 67.9 Å². The molecular formula is C51H60N8O8. The van der Waals surface area contributed by atoms with Crippen molar-refractivity contribution in [1.29, 1.82) is 0 Å². The van der Waals surface area contributed by atoms with Crippen LogP contribution in [-0.2, 0) is 9.59 Å². The molecular weight excluding hydrogens is 853 g/mol. The van der Waals surface area contributed by atoms with Gasteiger partial charge in [-0.05, 0) is 60.4 Å². The molecule has 8 rings (SSSR count). The van der Waals surface area contributed by atoms with Gasteiger partial charge in [0.2, 0.25) is 11.8 Å². The summed E-state index contributed by atoms with van der Waals surface area (Å²) in [5.41, 5.74) is 11.6. The minimum absolute atomic E-state index is 0.0574. The van der Waals surface area contributed by atoms with Crippen molar-refractivity contribution in [3.8, 4) is 23.0 Å². The lowest BCUT2D eigenvalue weighted by Crippen LogP contribution is -2.44. The first-order valence-corrected chi connectivity index (χ1v) is 23.0. The first-order chi connectivity index (χ1) is 32.3. The number of benzene rings is 3. The Morgan fingerprint density at radius 3 is 1.91 bits per heavy atom. The van der Waals surface area contributed by atoms with E-state index in [0.717, 1.165) is 42.9 Å². The number of nitrogens with one attached hydrogen (secondary N) is 1. The summed E-state index contributed by atoms with van der Waals surface area (Å²) < 4.78 is 23.7. The fraction of sp³-hybridized carbons (Fsp3) is 0.412. The molecule has 5 aliphatic heterocycles. The molecule has 0 radical (unpaired) electrons. The van der Waals surface area contributed by atoms with E-state index < -0.39 is 17.7 Å². The Morgan fingerprint density at radius 2 is 1.36 bits per heavy atom. The highest BCUT2D eigenvalue weighted by molar-refractivity contribution is 6.06. The normalized spacial score (nSPS) is 19.8. The monoisotopic (exact) mass is 912 g/mol. The second kappa shape index (κ2) is 20.3. The van der Waals surface area contributed by atoms with Crippen molar-refractivity contribution in [3.05, 3.63) is 95.3 Å². The number of allylic oxidation sites excluding steroid dienone is 1. The van der Waals surface area contributed by atoms with Gasteiger partial charge in [0, 0.05) is 94.1 Å². The number of rotatable bonds is 17. The molecule has 4 atom stereocenters. The van der Waals surface area contributed by atoms with Crippen LogP contribution in [0, 0.1) is 17.8 Å². The molecule has 3 aromatic carbocycles. The van der Waals surface area contributed by atoms with Gasteiger partial charge < -0.3 is 49.6 Å². The number of hydrogen-bond acceptors (Lipinski definition) is 12. The Hall–Kier alpha value is -6.94. The molecule has 16 nitrogen and oxygen atoms in total. The number of carbonyl (C=O) groups excluding carboxylic acids is 4. The van der Waals surface area contributed by atoms with Crippen LogP contribution in [0.1, 0.15) is 66.3 Å². The fourth-order valence-electron chi connectivity index (χ4n) is 9.31. The van der Waals surface area contributed by atoms with Crippen molar-refractivity contribution >= 4 is 58.7 Å². The number of piperazine rings is 1. The molecule has 1 saturated heterocycles. The van der Waals surface area contributed by atoms with E-state index in [1.807, 2.05) is 38.4 Å². The predicted octanol–water partition coefficient (Wildman–Crippen LogP) is 6.16. The third-order valence-corrected chi connectivity index (χ3v) is 13.1. The molecule has 0 spiro atoms. The summed E-state index contributed by atoms with van der Waals surface area (Å²) in [6.45, 7) is 10.4. The second-order valence-corrected chi connectivity index (χ2v) is 17.9. The quantitative estimate of drug-likeness (QED) is 0.149. The number of nitrogens with two attached hydrogens (primary N) is 1. The maximum Gasteiger partial charge on any atom is 0.260 e. The topological polar surface area (TPSA) is 181 Å². The molecule has 67 heavy (non-hydrogen) atoms. The van der Waals surface area contributed by atoms with Crippen LogP contribution in [0.2, 0.25) is 0 Å². The number of amides is 4. The predicted molar refractivity (Wildman–Crippen MR) is 258 cm³/mol. The van der Waals surface area contributed by atoms with Crippen LogP contribution in [0.5, 0.6) is 23.0 Å². The van der Waals surface area contributed by atoms with Crippen molar-refractivity contribution in [2.45, 2.75) is 52.1 Å². The summed E-state index contributed by atoms with van der Waals surface area (Å²) in [6.07, 6.45) is 12.7. The number of anilines is 1. The fourth-order valence-corrected chi connectivity index (χ4v) is 9.31. The summed E-state index contributed by atoms with van der Waals surface area (Å²) in [6, 6.07) is 14.9. The summed E-state index contributed by atoms with van der Waals surface area (Å²) in [7, 11) is 5.22. The van der Waals surface area contributed by atoms with Crippen LogP contribution >= 0.6 is 0 Å². The number of nitrogens with zero attached hydrogens (tertiary/aromatic N) is 6. The van der Waals surface area contributed by atoms with E-state index in [2.05, 4.69) is 51.4 Å². The van der Waals surface area contributed by atoms with Gasteiger partial charge in [-0.3, -0.25) is 29.2 Å². The van der Waals surface area contributed by atoms with E-state index in [4.69, 9.17) is 29.7 Å². The molecule has 1 fully saturated rings. The summed E-state index contributed by atoms with van der Waals surface area (Å²) in [5, 5.41) is 2.85. The molecule has 0 aliphatic carbocycles. The highest BCUT2D eigenvalue weighted by Gasteiger charge is 2.35. The third-order valence-electron chi connectivity index (χ3n) is 13.1. The van der Waals surface area contributed by atoms with Crippen LogP contribution in [0.15, 0.2) is 88.6 Å². The summed E-state index contributed by atoms with van der Waals surface area (Å²) in [5.74, 6) is -0.557. The van der Waals surface area contributed by atoms with Crippen molar-refractivity contribution in [2.24, 2.45) is 33.5 Å². The minimum Gasteiger partial charge on any atom is -0.493 e. The number of carbonyl (C=O) groups is 4. The Morgan fingerprint density at radius 1 is 0.791 bits per heavy atom. The van der Waals surface area contributed by atoms with Gasteiger partial charge in [-0.15, -0.1) is 0 Å². The standard InChI is InChI=1S/C51H60N8O8/c1-31(2)47(48(52)60)32(3)49(61)53-14-7-9-33-21-37-27-54-41-25-45(43(64-5)23-39(41)50(62)58(37)29-33)66-19-8-20-67-46-26-42-40(24-44(46)65-6)51(63)59-30-35(22-38(59)28-55-42)34-10-12-36(13-11-34)57-17-15-56(4)16-18-57/h7,9-13,23-32,37-38,47H,8,14-22H2,1-6H3,(H2,52,60)(H,53,61)/b9-7+/t32-,37-,38-,47?/m0/s1. The molecule has 16 heteroatoms. The third kappa shape index (κ3) is 10.1. The van der Waals surface area contributed by atoms with Crippen molar-refractivity contribution < 1.29 is 38.1 Å². The van der Waals surface area contributed by atoms with Crippen LogP contribution in [-0.4, -0.2) is 130 Å².